The summed E-state index contributed by atoms with van der Waals surface area (Å²) in [7, 11) is 0. The van der Waals surface area contributed by atoms with Gasteiger partial charge in [0, 0.05) is 20.3 Å². The van der Waals surface area contributed by atoms with E-state index >= 15 is 0 Å². The first-order chi connectivity index (χ1) is 10.5. The molecule has 3 rings (SSSR count). The maximum absolute atomic E-state index is 12.6. The quantitative estimate of drug-likeness (QED) is 0.453. The smallest absolute Gasteiger partial charge is 0.166 e. The SMILES string of the molecule is FC(F)(F)c1ccc(-c2csc(-c3ccccc3)c2Br)cc1. The lowest BCUT2D eigenvalue weighted by atomic mass is 10.1. The van der Waals surface area contributed by atoms with Gasteiger partial charge in [-0.05, 0) is 39.2 Å². The van der Waals surface area contributed by atoms with E-state index in [1.54, 1.807) is 11.3 Å². The minimum absolute atomic E-state index is 0.633. The van der Waals surface area contributed by atoms with Gasteiger partial charge >= 0.3 is 6.18 Å². The van der Waals surface area contributed by atoms with Crippen molar-refractivity contribution in [1.82, 2.24) is 0 Å². The van der Waals surface area contributed by atoms with Gasteiger partial charge in [0.15, 0.2) is 0 Å². The highest BCUT2D eigenvalue weighted by molar-refractivity contribution is 9.10. The molecule has 0 aliphatic carbocycles. The zero-order chi connectivity index (χ0) is 15.7. The molecule has 2 aromatic carbocycles. The highest BCUT2D eigenvalue weighted by Gasteiger charge is 2.30. The normalized spacial score (nSPS) is 11.6. The van der Waals surface area contributed by atoms with Crippen LogP contribution in [0.2, 0.25) is 0 Å². The topological polar surface area (TPSA) is 0 Å². The van der Waals surface area contributed by atoms with Crippen molar-refractivity contribution in [1.29, 1.82) is 0 Å². The van der Waals surface area contributed by atoms with E-state index < -0.39 is 11.7 Å². The summed E-state index contributed by atoms with van der Waals surface area (Å²) >= 11 is 5.14. The fraction of sp³-hybridized carbons (Fsp3) is 0.0588. The highest BCUT2D eigenvalue weighted by Crippen LogP contribution is 2.42. The van der Waals surface area contributed by atoms with Crippen LogP contribution in [0.5, 0.6) is 0 Å². The monoisotopic (exact) mass is 382 g/mol. The van der Waals surface area contributed by atoms with Crippen LogP contribution in [0.3, 0.4) is 0 Å². The fourth-order valence-electron chi connectivity index (χ4n) is 2.16. The van der Waals surface area contributed by atoms with Crippen molar-refractivity contribution in [3.8, 4) is 21.6 Å². The van der Waals surface area contributed by atoms with E-state index in [0.717, 1.165) is 38.2 Å². The molecule has 0 fully saturated rings. The Morgan fingerprint density at radius 1 is 0.818 bits per heavy atom. The van der Waals surface area contributed by atoms with E-state index in [1.807, 2.05) is 35.7 Å². The third-order valence-corrected chi connectivity index (χ3v) is 5.40. The highest BCUT2D eigenvalue weighted by atomic mass is 79.9. The van der Waals surface area contributed by atoms with Crippen LogP contribution in [-0.4, -0.2) is 0 Å². The van der Waals surface area contributed by atoms with E-state index in [1.165, 1.54) is 12.1 Å². The second-order valence-electron chi connectivity index (χ2n) is 4.73. The van der Waals surface area contributed by atoms with Crippen LogP contribution < -0.4 is 0 Å². The van der Waals surface area contributed by atoms with Crippen LogP contribution in [0, 0.1) is 0 Å². The molecule has 0 saturated carbocycles. The molecular weight excluding hydrogens is 373 g/mol. The van der Waals surface area contributed by atoms with E-state index in [2.05, 4.69) is 15.9 Å². The zero-order valence-electron chi connectivity index (χ0n) is 11.2. The lowest BCUT2D eigenvalue weighted by Crippen LogP contribution is -2.03. The van der Waals surface area contributed by atoms with Crippen molar-refractivity contribution in [2.75, 3.05) is 0 Å². The van der Waals surface area contributed by atoms with Crippen LogP contribution in [0.25, 0.3) is 21.6 Å². The molecular formula is C17H10BrF3S. The molecule has 0 atom stereocenters. The molecule has 1 heterocycles. The third kappa shape index (κ3) is 2.96. The maximum atomic E-state index is 12.6. The minimum Gasteiger partial charge on any atom is -0.166 e. The predicted octanol–water partition coefficient (Wildman–Crippen LogP) is 6.86. The number of hydrogen-bond donors (Lipinski definition) is 0. The maximum Gasteiger partial charge on any atom is 0.416 e. The van der Waals surface area contributed by atoms with Gasteiger partial charge < -0.3 is 0 Å². The summed E-state index contributed by atoms with van der Waals surface area (Å²) in [5.74, 6) is 0. The summed E-state index contributed by atoms with van der Waals surface area (Å²) in [6, 6.07) is 15.1. The zero-order valence-corrected chi connectivity index (χ0v) is 13.6. The average molecular weight is 383 g/mol. The number of thiophene rings is 1. The summed E-state index contributed by atoms with van der Waals surface area (Å²) in [5.41, 5.74) is 2.11. The number of rotatable bonds is 2. The van der Waals surface area contributed by atoms with Crippen LogP contribution in [0.1, 0.15) is 5.56 Å². The van der Waals surface area contributed by atoms with Crippen LogP contribution in [0.4, 0.5) is 13.2 Å². The average Bonchev–Trinajstić information content (AvgIpc) is 2.89. The molecule has 0 aliphatic heterocycles. The molecule has 1 aromatic heterocycles. The summed E-state index contributed by atoms with van der Waals surface area (Å²) in [4.78, 5) is 1.07. The fourth-order valence-corrected chi connectivity index (χ4v) is 4.14. The standard InChI is InChI=1S/C17H10BrF3S/c18-15-14(10-22-16(15)12-4-2-1-3-5-12)11-6-8-13(9-7-11)17(19,20)21/h1-10H. The molecule has 0 spiro atoms. The molecule has 0 amide bonds. The second-order valence-corrected chi connectivity index (χ2v) is 6.41. The van der Waals surface area contributed by atoms with Gasteiger partial charge in [0.2, 0.25) is 0 Å². The van der Waals surface area contributed by atoms with Gasteiger partial charge in [0.1, 0.15) is 0 Å². The molecule has 3 aromatic rings. The molecule has 0 saturated heterocycles. The number of hydrogen-bond acceptors (Lipinski definition) is 1. The molecule has 0 nitrogen and oxygen atoms in total. The van der Waals surface area contributed by atoms with Crippen LogP contribution in [0.15, 0.2) is 64.5 Å². The van der Waals surface area contributed by atoms with E-state index in [9.17, 15) is 13.2 Å². The minimum atomic E-state index is -4.31. The first-order valence-electron chi connectivity index (χ1n) is 6.47. The van der Waals surface area contributed by atoms with Crippen molar-refractivity contribution in [3.05, 3.63) is 70.0 Å². The van der Waals surface area contributed by atoms with Crippen molar-refractivity contribution < 1.29 is 13.2 Å². The Balaban J connectivity index is 1.98. The summed E-state index contributed by atoms with van der Waals surface area (Å²) in [5, 5.41) is 1.95. The van der Waals surface area contributed by atoms with Crippen LogP contribution >= 0.6 is 27.3 Å². The van der Waals surface area contributed by atoms with Crippen molar-refractivity contribution in [3.63, 3.8) is 0 Å². The van der Waals surface area contributed by atoms with Crippen molar-refractivity contribution in [2.45, 2.75) is 6.18 Å². The van der Waals surface area contributed by atoms with Gasteiger partial charge in [-0.3, -0.25) is 0 Å². The molecule has 0 unspecified atom stereocenters. The number of benzene rings is 2. The number of alkyl halides is 3. The lowest BCUT2D eigenvalue weighted by Gasteiger charge is -2.07. The Labute approximate surface area is 138 Å². The van der Waals surface area contributed by atoms with Crippen molar-refractivity contribution >= 4 is 27.3 Å². The van der Waals surface area contributed by atoms with Crippen molar-refractivity contribution in [2.24, 2.45) is 0 Å². The first kappa shape index (κ1) is 15.3. The van der Waals surface area contributed by atoms with E-state index in [4.69, 9.17) is 0 Å². The Kier molecular flexibility index (Phi) is 4.10. The van der Waals surface area contributed by atoms with E-state index in [-0.39, 0.29) is 0 Å². The Morgan fingerprint density at radius 3 is 2.05 bits per heavy atom. The van der Waals surface area contributed by atoms with E-state index in [0.29, 0.717) is 0 Å². The Hall–Kier alpha value is -1.59. The molecule has 0 aliphatic rings. The van der Waals surface area contributed by atoms with Gasteiger partial charge in [0.05, 0.1) is 5.56 Å². The molecule has 5 heteroatoms. The van der Waals surface area contributed by atoms with Gasteiger partial charge in [0.25, 0.3) is 0 Å². The number of halogens is 4. The summed E-state index contributed by atoms with van der Waals surface area (Å²) in [6.45, 7) is 0. The van der Waals surface area contributed by atoms with Gasteiger partial charge in [-0.2, -0.15) is 13.2 Å². The lowest BCUT2D eigenvalue weighted by molar-refractivity contribution is -0.137. The van der Waals surface area contributed by atoms with Gasteiger partial charge in [-0.1, -0.05) is 42.5 Å². The molecule has 112 valence electrons. The summed E-state index contributed by atoms with van der Waals surface area (Å²) in [6.07, 6.45) is -4.31. The molecule has 0 bridgehead atoms. The predicted molar refractivity (Wildman–Crippen MR) is 87.9 cm³/mol. The molecule has 0 N–H and O–H groups in total. The third-order valence-electron chi connectivity index (χ3n) is 3.29. The molecule has 22 heavy (non-hydrogen) atoms. The van der Waals surface area contributed by atoms with Gasteiger partial charge in [-0.15, -0.1) is 11.3 Å². The first-order valence-corrected chi connectivity index (χ1v) is 8.14. The Bertz CT molecular complexity index is 774. The molecule has 0 radical (unpaired) electrons. The summed E-state index contributed by atoms with van der Waals surface area (Å²) < 4.78 is 38.8. The largest absolute Gasteiger partial charge is 0.416 e. The Morgan fingerprint density at radius 2 is 1.45 bits per heavy atom. The van der Waals surface area contributed by atoms with Crippen LogP contribution in [-0.2, 0) is 6.18 Å². The second kappa shape index (κ2) is 5.89. The van der Waals surface area contributed by atoms with Gasteiger partial charge in [-0.25, -0.2) is 0 Å².